The second-order valence-corrected chi connectivity index (χ2v) is 2.80. The highest BCUT2D eigenvalue weighted by molar-refractivity contribution is 5.52. The van der Waals surface area contributed by atoms with Gasteiger partial charge in [0.15, 0.2) is 11.6 Å². The maximum Gasteiger partial charge on any atom is 0.188 e. The highest BCUT2D eigenvalue weighted by atomic mass is 19.1. The summed E-state index contributed by atoms with van der Waals surface area (Å²) in [4.78, 5) is 0. The third-order valence-electron chi connectivity index (χ3n) is 1.96. The maximum absolute atomic E-state index is 13.2. The number of halogens is 1. The van der Waals surface area contributed by atoms with Gasteiger partial charge in [0.1, 0.15) is 6.61 Å². The first kappa shape index (κ1) is 7.36. The largest absolute Gasteiger partial charge is 0.488 e. The van der Waals surface area contributed by atoms with Crippen LogP contribution in [0.3, 0.4) is 0 Å². The highest BCUT2D eigenvalue weighted by Gasteiger charge is 2.24. The predicted octanol–water partition coefficient (Wildman–Crippen LogP) is 0.800. The Hall–Kier alpha value is -1.29. The Kier molecular flexibility index (Phi) is 1.44. The van der Waals surface area contributed by atoms with Crippen molar-refractivity contribution >= 4 is 5.69 Å². The molecule has 1 aromatic carbocycles. The summed E-state index contributed by atoms with van der Waals surface area (Å²) in [6.45, 7) is 0.329. The summed E-state index contributed by atoms with van der Waals surface area (Å²) in [5.41, 5.74) is 11.8. The number of nitrogen functional groups attached to an aromatic ring is 1. The van der Waals surface area contributed by atoms with Gasteiger partial charge in [-0.25, -0.2) is 4.39 Å². The Morgan fingerprint density at radius 1 is 1.50 bits per heavy atom. The van der Waals surface area contributed by atoms with Crippen molar-refractivity contribution in [1.82, 2.24) is 0 Å². The van der Waals surface area contributed by atoms with Crippen molar-refractivity contribution in [2.24, 2.45) is 5.73 Å². The van der Waals surface area contributed by atoms with Crippen molar-refractivity contribution < 1.29 is 9.13 Å². The third-order valence-corrected chi connectivity index (χ3v) is 1.96. The molecule has 0 fully saturated rings. The summed E-state index contributed by atoms with van der Waals surface area (Å²) in [6, 6.07) is 2.98. The molecule has 4 heteroatoms. The molecule has 0 amide bonds. The number of hydrogen-bond acceptors (Lipinski definition) is 3. The SMILES string of the molecule is Nc1ccc2c(c1F)OC[C@@H]2N. The maximum atomic E-state index is 13.2. The molecule has 0 aromatic heterocycles. The van der Waals surface area contributed by atoms with Crippen LogP contribution in [0.5, 0.6) is 5.75 Å². The minimum atomic E-state index is -0.500. The molecule has 1 aliphatic heterocycles. The van der Waals surface area contributed by atoms with E-state index in [-0.39, 0.29) is 17.5 Å². The zero-order chi connectivity index (χ0) is 8.72. The molecule has 0 unspecified atom stereocenters. The lowest BCUT2D eigenvalue weighted by Crippen LogP contribution is -2.10. The summed E-state index contributed by atoms with van der Waals surface area (Å²) in [6.07, 6.45) is 0. The van der Waals surface area contributed by atoms with Crippen LogP contribution in [0.2, 0.25) is 0 Å². The molecule has 3 nitrogen and oxygen atoms in total. The third kappa shape index (κ3) is 0.848. The van der Waals surface area contributed by atoms with Crippen LogP contribution < -0.4 is 16.2 Å². The average molecular weight is 168 g/mol. The van der Waals surface area contributed by atoms with Gasteiger partial charge in [-0.1, -0.05) is 6.07 Å². The molecular weight excluding hydrogens is 159 g/mol. The lowest BCUT2D eigenvalue weighted by Gasteiger charge is -2.02. The van der Waals surface area contributed by atoms with Crippen LogP contribution in [-0.4, -0.2) is 6.61 Å². The number of anilines is 1. The van der Waals surface area contributed by atoms with Crippen molar-refractivity contribution in [3.8, 4) is 5.75 Å². The van der Waals surface area contributed by atoms with Gasteiger partial charge in [0, 0.05) is 5.56 Å². The molecule has 1 aromatic rings. The normalized spacial score (nSPS) is 20.3. The lowest BCUT2D eigenvalue weighted by molar-refractivity contribution is 0.320. The van der Waals surface area contributed by atoms with Crippen molar-refractivity contribution in [3.05, 3.63) is 23.5 Å². The van der Waals surface area contributed by atoms with E-state index in [2.05, 4.69) is 0 Å². The van der Waals surface area contributed by atoms with E-state index in [0.717, 1.165) is 0 Å². The minimum Gasteiger partial charge on any atom is -0.488 e. The second kappa shape index (κ2) is 2.35. The van der Waals surface area contributed by atoms with Gasteiger partial charge in [-0.15, -0.1) is 0 Å². The van der Waals surface area contributed by atoms with E-state index in [1.54, 1.807) is 6.07 Å². The van der Waals surface area contributed by atoms with Crippen molar-refractivity contribution in [2.45, 2.75) is 6.04 Å². The topological polar surface area (TPSA) is 61.3 Å². The molecule has 1 atom stereocenters. The van der Waals surface area contributed by atoms with E-state index in [0.29, 0.717) is 12.2 Å². The average Bonchev–Trinajstić information content (AvgIpc) is 2.41. The van der Waals surface area contributed by atoms with E-state index >= 15 is 0 Å². The fraction of sp³-hybridized carbons (Fsp3) is 0.250. The number of rotatable bonds is 0. The second-order valence-electron chi connectivity index (χ2n) is 2.80. The summed E-state index contributed by atoms with van der Waals surface area (Å²) in [7, 11) is 0. The van der Waals surface area contributed by atoms with Gasteiger partial charge in [-0.3, -0.25) is 0 Å². The van der Waals surface area contributed by atoms with Crippen LogP contribution >= 0.6 is 0 Å². The van der Waals surface area contributed by atoms with Crippen molar-refractivity contribution in [1.29, 1.82) is 0 Å². The Bertz CT molecular complexity index is 327. The smallest absolute Gasteiger partial charge is 0.188 e. The highest BCUT2D eigenvalue weighted by Crippen LogP contribution is 2.35. The van der Waals surface area contributed by atoms with Gasteiger partial charge in [-0.2, -0.15) is 0 Å². The summed E-state index contributed by atoms with van der Waals surface area (Å²) in [5.74, 6) is -0.289. The Balaban J connectivity index is 2.60. The van der Waals surface area contributed by atoms with Crippen molar-refractivity contribution in [3.63, 3.8) is 0 Å². The van der Waals surface area contributed by atoms with E-state index in [4.69, 9.17) is 16.2 Å². The predicted molar refractivity (Wildman–Crippen MR) is 43.2 cm³/mol. The van der Waals surface area contributed by atoms with E-state index < -0.39 is 5.82 Å². The molecule has 1 heterocycles. The molecule has 2 rings (SSSR count). The first-order valence-electron chi connectivity index (χ1n) is 3.66. The molecule has 0 saturated carbocycles. The molecule has 64 valence electrons. The van der Waals surface area contributed by atoms with E-state index in [1.165, 1.54) is 6.07 Å². The first-order chi connectivity index (χ1) is 5.70. The fourth-order valence-electron chi connectivity index (χ4n) is 1.29. The quantitative estimate of drug-likeness (QED) is 0.563. The fourth-order valence-corrected chi connectivity index (χ4v) is 1.29. The molecule has 0 radical (unpaired) electrons. The molecule has 4 N–H and O–H groups in total. The Morgan fingerprint density at radius 2 is 2.25 bits per heavy atom. The van der Waals surface area contributed by atoms with Crippen LogP contribution in [0.15, 0.2) is 12.1 Å². The van der Waals surface area contributed by atoms with E-state index in [1.807, 2.05) is 0 Å². The van der Waals surface area contributed by atoms with Crippen LogP contribution in [0.1, 0.15) is 11.6 Å². The number of ether oxygens (including phenoxy) is 1. The van der Waals surface area contributed by atoms with Gasteiger partial charge in [-0.05, 0) is 6.07 Å². The zero-order valence-corrected chi connectivity index (χ0v) is 6.38. The minimum absolute atomic E-state index is 0.0999. The first-order valence-corrected chi connectivity index (χ1v) is 3.66. The van der Waals surface area contributed by atoms with Gasteiger partial charge in [0.25, 0.3) is 0 Å². The van der Waals surface area contributed by atoms with Crippen molar-refractivity contribution in [2.75, 3.05) is 12.3 Å². The monoisotopic (exact) mass is 168 g/mol. The summed E-state index contributed by atoms with van der Waals surface area (Å²) >= 11 is 0. The molecule has 0 spiro atoms. The van der Waals surface area contributed by atoms with Crippen LogP contribution in [0.4, 0.5) is 10.1 Å². The van der Waals surface area contributed by atoms with Crippen LogP contribution in [0, 0.1) is 5.82 Å². The van der Waals surface area contributed by atoms with Gasteiger partial charge >= 0.3 is 0 Å². The lowest BCUT2D eigenvalue weighted by atomic mass is 10.1. The molecular formula is C8H9FN2O. The molecule has 0 aliphatic carbocycles. The molecule has 0 saturated heterocycles. The number of hydrogen-bond donors (Lipinski definition) is 2. The summed E-state index contributed by atoms with van der Waals surface area (Å²) in [5, 5.41) is 0. The number of fused-ring (bicyclic) bond motifs is 1. The number of benzene rings is 1. The molecule has 1 aliphatic rings. The standard InChI is InChI=1S/C8H9FN2O/c9-7-5(10)2-1-4-6(11)3-12-8(4)7/h1-2,6H,3,10-11H2/t6-/m0/s1. The number of nitrogens with two attached hydrogens (primary N) is 2. The van der Waals surface area contributed by atoms with Crippen LogP contribution in [-0.2, 0) is 0 Å². The molecule has 12 heavy (non-hydrogen) atoms. The summed E-state index contributed by atoms with van der Waals surface area (Å²) < 4.78 is 18.2. The molecule has 0 bridgehead atoms. The Morgan fingerprint density at radius 3 is 3.00 bits per heavy atom. The van der Waals surface area contributed by atoms with Gasteiger partial charge in [0.05, 0.1) is 11.7 Å². The zero-order valence-electron chi connectivity index (χ0n) is 6.38. The van der Waals surface area contributed by atoms with Gasteiger partial charge < -0.3 is 16.2 Å². The van der Waals surface area contributed by atoms with E-state index in [9.17, 15) is 4.39 Å². The van der Waals surface area contributed by atoms with Gasteiger partial charge in [0.2, 0.25) is 0 Å². The van der Waals surface area contributed by atoms with Crippen LogP contribution in [0.25, 0.3) is 0 Å². The Labute approximate surface area is 69.1 Å².